The summed E-state index contributed by atoms with van der Waals surface area (Å²) in [5.74, 6) is 5.09. The van der Waals surface area contributed by atoms with Gasteiger partial charge in [-0.25, -0.2) is 4.79 Å². The van der Waals surface area contributed by atoms with Gasteiger partial charge in [0.1, 0.15) is 11.2 Å². The minimum absolute atomic E-state index is 0.111. The van der Waals surface area contributed by atoms with Crippen LogP contribution in [0.1, 0.15) is 39.3 Å². The first-order valence-electron chi connectivity index (χ1n) is 11.1. The molecule has 2 aromatic carbocycles. The van der Waals surface area contributed by atoms with Crippen LogP contribution in [0.4, 0.5) is 13.2 Å². The molecule has 182 valence electrons. The van der Waals surface area contributed by atoms with Gasteiger partial charge in [-0.15, -0.1) is 0 Å². The van der Waals surface area contributed by atoms with Gasteiger partial charge in [-0.2, -0.15) is 13.2 Å². The second kappa shape index (κ2) is 9.84. The number of esters is 1. The van der Waals surface area contributed by atoms with Gasteiger partial charge in [0.15, 0.2) is 0 Å². The Labute approximate surface area is 200 Å². The van der Waals surface area contributed by atoms with Crippen molar-refractivity contribution in [3.63, 3.8) is 0 Å². The van der Waals surface area contributed by atoms with Crippen LogP contribution in [0.5, 0.6) is 0 Å². The fourth-order valence-electron chi connectivity index (χ4n) is 4.18. The number of likely N-dealkylation sites (tertiary alicyclic amines) is 1. The SMILES string of the molecule is COC(=O)c1ccccc1C#CC1(NC(=O)c2cc3ccccc3[nH]2)CCN(CC(F)(F)F)CC1. The number of carbonyl (C=O) groups excluding carboxylic acids is 2. The summed E-state index contributed by atoms with van der Waals surface area (Å²) in [6.45, 7) is -0.794. The summed E-state index contributed by atoms with van der Waals surface area (Å²) >= 11 is 0. The molecule has 1 aromatic heterocycles. The first kappa shape index (κ1) is 24.4. The number of para-hydroxylation sites is 1. The van der Waals surface area contributed by atoms with Crippen LogP contribution in [0, 0.1) is 11.8 Å². The van der Waals surface area contributed by atoms with Crippen molar-refractivity contribution in [1.29, 1.82) is 0 Å². The summed E-state index contributed by atoms with van der Waals surface area (Å²) in [6, 6.07) is 15.8. The Morgan fingerprint density at radius 3 is 2.49 bits per heavy atom. The Bertz CT molecular complexity index is 1260. The summed E-state index contributed by atoms with van der Waals surface area (Å²) in [6.07, 6.45) is -3.91. The molecule has 0 radical (unpaired) electrons. The Morgan fingerprint density at radius 1 is 1.11 bits per heavy atom. The maximum Gasteiger partial charge on any atom is 0.401 e. The van der Waals surface area contributed by atoms with Gasteiger partial charge >= 0.3 is 12.1 Å². The number of methoxy groups -OCH3 is 1. The van der Waals surface area contributed by atoms with E-state index in [4.69, 9.17) is 4.74 Å². The number of amides is 1. The molecule has 4 rings (SSSR count). The average Bonchev–Trinajstić information content (AvgIpc) is 3.28. The van der Waals surface area contributed by atoms with Crippen molar-refractivity contribution in [3.05, 3.63) is 71.4 Å². The van der Waals surface area contributed by atoms with E-state index in [0.29, 0.717) is 11.3 Å². The number of ether oxygens (including phenoxy) is 1. The monoisotopic (exact) mass is 483 g/mol. The number of nitrogens with one attached hydrogen (secondary N) is 2. The Morgan fingerprint density at radius 2 is 1.80 bits per heavy atom. The molecular formula is C26H24F3N3O3. The van der Waals surface area contributed by atoms with Gasteiger partial charge in [-0.1, -0.05) is 42.2 Å². The number of nitrogens with zero attached hydrogens (tertiary/aromatic N) is 1. The summed E-state index contributed by atoms with van der Waals surface area (Å²) in [5.41, 5.74) is 0.745. The molecule has 1 saturated heterocycles. The minimum Gasteiger partial charge on any atom is -0.465 e. The number of hydrogen-bond donors (Lipinski definition) is 2. The van der Waals surface area contributed by atoms with E-state index in [1.807, 2.05) is 24.3 Å². The normalized spacial score (nSPS) is 15.8. The fourth-order valence-corrected chi connectivity index (χ4v) is 4.18. The lowest BCUT2D eigenvalue weighted by atomic mass is 9.87. The van der Waals surface area contributed by atoms with E-state index in [1.54, 1.807) is 30.3 Å². The van der Waals surface area contributed by atoms with Gasteiger partial charge in [0.25, 0.3) is 5.91 Å². The molecule has 1 aliphatic rings. The van der Waals surface area contributed by atoms with Crippen LogP contribution in [-0.2, 0) is 4.74 Å². The fraction of sp³-hybridized carbons (Fsp3) is 0.308. The predicted molar refractivity (Wildman–Crippen MR) is 125 cm³/mol. The maximum absolute atomic E-state index is 13.2. The highest BCUT2D eigenvalue weighted by atomic mass is 19.4. The van der Waals surface area contributed by atoms with E-state index in [9.17, 15) is 22.8 Å². The predicted octanol–water partition coefficient (Wildman–Crippen LogP) is 4.13. The largest absolute Gasteiger partial charge is 0.465 e. The number of fused-ring (bicyclic) bond motifs is 1. The van der Waals surface area contributed by atoms with Gasteiger partial charge in [0.05, 0.1) is 19.2 Å². The van der Waals surface area contributed by atoms with Crippen LogP contribution in [0.2, 0.25) is 0 Å². The highest BCUT2D eigenvalue weighted by molar-refractivity contribution is 5.98. The quantitative estimate of drug-likeness (QED) is 0.432. The maximum atomic E-state index is 13.2. The van der Waals surface area contributed by atoms with Crippen molar-refractivity contribution in [2.45, 2.75) is 24.6 Å². The topological polar surface area (TPSA) is 74.4 Å². The van der Waals surface area contributed by atoms with Crippen molar-refractivity contribution < 1.29 is 27.5 Å². The zero-order valence-corrected chi connectivity index (χ0v) is 19.0. The van der Waals surface area contributed by atoms with Crippen molar-refractivity contribution in [1.82, 2.24) is 15.2 Å². The number of rotatable bonds is 4. The standard InChI is InChI=1S/C26H24F3N3O3/c1-35-24(34)20-8-4-2-6-18(20)10-11-25(12-14-32(15-13-25)17-26(27,28)29)31-23(33)22-16-19-7-3-5-9-21(19)30-22/h2-9,16,30H,12-15,17H2,1H3,(H,31,33). The zero-order valence-electron chi connectivity index (χ0n) is 19.0. The Balaban J connectivity index is 1.63. The number of H-pyrrole nitrogens is 1. The lowest BCUT2D eigenvalue weighted by Gasteiger charge is -2.39. The van der Waals surface area contributed by atoms with Crippen LogP contribution >= 0.6 is 0 Å². The second-order valence-electron chi connectivity index (χ2n) is 8.48. The molecule has 3 aromatic rings. The molecule has 1 amide bonds. The highest BCUT2D eigenvalue weighted by Gasteiger charge is 2.39. The van der Waals surface area contributed by atoms with E-state index in [-0.39, 0.29) is 31.5 Å². The van der Waals surface area contributed by atoms with Gasteiger partial charge in [-0.05, 0) is 37.1 Å². The van der Waals surface area contributed by atoms with Crippen LogP contribution in [0.3, 0.4) is 0 Å². The number of carbonyl (C=O) groups is 2. The Kier molecular flexibility index (Phi) is 6.85. The number of alkyl halides is 3. The number of halogens is 3. The Hall–Kier alpha value is -3.77. The average molecular weight is 483 g/mol. The molecule has 9 heteroatoms. The van der Waals surface area contributed by atoms with Crippen LogP contribution in [0.25, 0.3) is 10.9 Å². The molecule has 2 heterocycles. The molecule has 1 fully saturated rings. The van der Waals surface area contributed by atoms with Crippen molar-refractivity contribution in [3.8, 4) is 11.8 Å². The second-order valence-corrected chi connectivity index (χ2v) is 8.48. The number of hydrogen-bond acceptors (Lipinski definition) is 4. The summed E-state index contributed by atoms with van der Waals surface area (Å²) in [4.78, 5) is 29.6. The van der Waals surface area contributed by atoms with Crippen LogP contribution in [-0.4, -0.2) is 60.2 Å². The number of aromatic amines is 1. The first-order valence-corrected chi connectivity index (χ1v) is 11.1. The van der Waals surface area contributed by atoms with E-state index >= 15 is 0 Å². The third kappa shape index (κ3) is 5.84. The van der Waals surface area contributed by atoms with Gasteiger partial charge in [0, 0.05) is 29.6 Å². The minimum atomic E-state index is -4.31. The summed E-state index contributed by atoms with van der Waals surface area (Å²) in [7, 11) is 1.27. The third-order valence-electron chi connectivity index (χ3n) is 6.01. The van der Waals surface area contributed by atoms with Gasteiger partial charge in [0.2, 0.25) is 0 Å². The number of aromatic nitrogens is 1. The smallest absolute Gasteiger partial charge is 0.401 e. The molecule has 0 bridgehead atoms. The van der Waals surface area contributed by atoms with E-state index in [1.165, 1.54) is 12.0 Å². The highest BCUT2D eigenvalue weighted by Crippen LogP contribution is 2.26. The molecular weight excluding hydrogens is 459 g/mol. The van der Waals surface area contributed by atoms with Crippen LogP contribution in [0.15, 0.2) is 54.6 Å². The molecule has 0 spiro atoms. The number of piperidine rings is 1. The van der Waals surface area contributed by atoms with Crippen molar-refractivity contribution in [2.75, 3.05) is 26.7 Å². The molecule has 0 saturated carbocycles. The molecule has 1 aliphatic heterocycles. The van der Waals surface area contributed by atoms with E-state index in [0.717, 1.165) is 10.9 Å². The molecule has 35 heavy (non-hydrogen) atoms. The summed E-state index contributed by atoms with van der Waals surface area (Å²) in [5, 5.41) is 3.82. The van der Waals surface area contributed by atoms with Gasteiger partial charge in [-0.3, -0.25) is 9.69 Å². The van der Waals surface area contributed by atoms with Crippen molar-refractivity contribution in [2.24, 2.45) is 0 Å². The molecule has 2 N–H and O–H groups in total. The lowest BCUT2D eigenvalue weighted by molar-refractivity contribution is -0.148. The third-order valence-corrected chi connectivity index (χ3v) is 6.01. The zero-order chi connectivity index (χ0) is 25.1. The first-order chi connectivity index (χ1) is 16.7. The summed E-state index contributed by atoms with van der Waals surface area (Å²) < 4.78 is 43.5. The van der Waals surface area contributed by atoms with E-state index < -0.39 is 30.1 Å². The van der Waals surface area contributed by atoms with Crippen molar-refractivity contribution >= 4 is 22.8 Å². The van der Waals surface area contributed by atoms with E-state index in [2.05, 4.69) is 22.1 Å². The lowest BCUT2D eigenvalue weighted by Crippen LogP contribution is -2.55. The molecule has 0 aliphatic carbocycles. The molecule has 0 unspecified atom stereocenters. The van der Waals surface area contributed by atoms with Crippen LogP contribution < -0.4 is 5.32 Å². The molecule has 0 atom stereocenters. The van der Waals surface area contributed by atoms with Gasteiger partial charge < -0.3 is 15.0 Å². The number of benzene rings is 2. The molecule has 6 nitrogen and oxygen atoms in total.